The summed E-state index contributed by atoms with van der Waals surface area (Å²) >= 11 is 0. The molecular weight excluding hydrogens is 368 g/mol. The lowest BCUT2D eigenvalue weighted by molar-refractivity contribution is -0.0945. The second-order valence-corrected chi connectivity index (χ2v) is 8.27. The van der Waals surface area contributed by atoms with Gasteiger partial charge in [-0.3, -0.25) is 0 Å². The van der Waals surface area contributed by atoms with E-state index in [4.69, 9.17) is 19.9 Å². The first-order valence-corrected chi connectivity index (χ1v) is 8.95. The van der Waals surface area contributed by atoms with Crippen molar-refractivity contribution >= 4 is 17.5 Å². The van der Waals surface area contributed by atoms with Crippen LogP contribution in [0, 0.1) is 5.41 Å². The van der Waals surface area contributed by atoms with Crippen LogP contribution in [0.4, 0.5) is 10.6 Å². The van der Waals surface area contributed by atoms with Crippen LogP contribution in [-0.2, 0) is 19.8 Å². The SMILES string of the molecule is CC(C)(C)COC(=O)OC[C@H]1O[C@@](C)(c2ccc3c(N)ncnn23)[C@H](O)[C@@H]1O. The molecule has 1 aliphatic heterocycles. The number of aliphatic hydroxyl groups is 2. The van der Waals surface area contributed by atoms with Crippen LogP contribution in [0.5, 0.6) is 0 Å². The minimum absolute atomic E-state index is 0.192. The van der Waals surface area contributed by atoms with Crippen LogP contribution >= 0.6 is 0 Å². The summed E-state index contributed by atoms with van der Waals surface area (Å²) in [7, 11) is 0. The third-order valence-corrected chi connectivity index (χ3v) is 4.64. The molecule has 4 N–H and O–H groups in total. The van der Waals surface area contributed by atoms with Gasteiger partial charge in [0, 0.05) is 0 Å². The van der Waals surface area contributed by atoms with Crippen LogP contribution in [0.2, 0.25) is 0 Å². The van der Waals surface area contributed by atoms with Crippen molar-refractivity contribution in [3.05, 3.63) is 24.2 Å². The third kappa shape index (κ3) is 3.75. The number of carbonyl (C=O) groups is 1. The van der Waals surface area contributed by atoms with Gasteiger partial charge in [-0.1, -0.05) is 20.8 Å². The highest BCUT2D eigenvalue weighted by Crippen LogP contribution is 2.40. The topological polar surface area (TPSA) is 141 Å². The minimum atomic E-state index is -1.30. The maximum absolute atomic E-state index is 11.8. The lowest BCUT2D eigenvalue weighted by atomic mass is 9.93. The molecule has 0 amide bonds. The molecule has 0 bridgehead atoms. The zero-order chi connectivity index (χ0) is 20.7. The van der Waals surface area contributed by atoms with E-state index in [9.17, 15) is 15.0 Å². The number of nitrogen functional groups attached to an aromatic ring is 1. The maximum Gasteiger partial charge on any atom is 0.508 e. The molecule has 1 aliphatic rings. The van der Waals surface area contributed by atoms with E-state index < -0.39 is 30.1 Å². The molecule has 1 saturated heterocycles. The van der Waals surface area contributed by atoms with E-state index in [0.717, 1.165) is 0 Å². The summed E-state index contributed by atoms with van der Waals surface area (Å²) in [6.45, 7) is 7.31. The standard InChI is InChI=1S/C18H26N4O6/c1-17(2,3)8-27-16(25)26-7-11-13(23)14(24)18(4,28-11)12-6-5-10-15(19)20-9-21-22(10)12/h5-6,9,11,13-14,23-24H,7-8H2,1-4H3,(H2,19,20,21)/t11-,13-,14-,18+/m1/s1. The number of fused-ring (bicyclic) bond motifs is 1. The van der Waals surface area contributed by atoms with Gasteiger partial charge in [0.25, 0.3) is 0 Å². The first-order valence-electron chi connectivity index (χ1n) is 8.95. The van der Waals surface area contributed by atoms with E-state index >= 15 is 0 Å². The number of hydrogen-bond donors (Lipinski definition) is 3. The highest BCUT2D eigenvalue weighted by atomic mass is 16.7. The highest BCUT2D eigenvalue weighted by molar-refractivity contribution is 5.65. The van der Waals surface area contributed by atoms with Gasteiger partial charge in [-0.15, -0.1) is 0 Å². The molecule has 0 saturated carbocycles. The number of ether oxygens (including phenoxy) is 3. The molecule has 28 heavy (non-hydrogen) atoms. The maximum atomic E-state index is 11.8. The minimum Gasteiger partial charge on any atom is -0.434 e. The average molecular weight is 394 g/mol. The van der Waals surface area contributed by atoms with Crippen LogP contribution < -0.4 is 5.73 Å². The van der Waals surface area contributed by atoms with Crippen molar-refractivity contribution in [2.24, 2.45) is 5.41 Å². The molecule has 4 atom stereocenters. The number of nitrogens with two attached hydrogens (primary N) is 1. The molecular formula is C18H26N4O6. The van der Waals surface area contributed by atoms with Crippen LogP contribution in [0.3, 0.4) is 0 Å². The van der Waals surface area contributed by atoms with E-state index in [-0.39, 0.29) is 24.4 Å². The molecule has 0 aliphatic carbocycles. The lowest BCUT2D eigenvalue weighted by Gasteiger charge is -2.27. The zero-order valence-corrected chi connectivity index (χ0v) is 16.3. The fraction of sp³-hybridized carbons (Fsp3) is 0.611. The van der Waals surface area contributed by atoms with Gasteiger partial charge in [-0.25, -0.2) is 14.3 Å². The summed E-state index contributed by atoms with van der Waals surface area (Å²) in [4.78, 5) is 15.7. The van der Waals surface area contributed by atoms with Crippen LogP contribution in [0.25, 0.3) is 5.52 Å². The number of carbonyl (C=O) groups excluding carboxylic acids is 1. The number of nitrogens with zero attached hydrogens (tertiary/aromatic N) is 3. The summed E-state index contributed by atoms with van der Waals surface area (Å²) in [6, 6.07) is 3.39. The molecule has 0 spiro atoms. The molecule has 0 unspecified atom stereocenters. The Balaban J connectivity index is 1.72. The number of aromatic nitrogens is 3. The van der Waals surface area contributed by atoms with Crippen molar-refractivity contribution in [2.45, 2.75) is 51.6 Å². The number of aliphatic hydroxyl groups excluding tert-OH is 2. The van der Waals surface area contributed by atoms with Crippen molar-refractivity contribution in [1.82, 2.24) is 14.6 Å². The first-order chi connectivity index (χ1) is 13.0. The second-order valence-electron chi connectivity index (χ2n) is 8.27. The van der Waals surface area contributed by atoms with E-state index in [1.54, 1.807) is 19.1 Å². The van der Waals surface area contributed by atoms with Gasteiger partial charge in [0.05, 0.1) is 12.3 Å². The first kappa shape index (κ1) is 20.3. The molecule has 3 heterocycles. The predicted molar refractivity (Wildman–Crippen MR) is 98.4 cm³/mol. The van der Waals surface area contributed by atoms with Gasteiger partial charge in [-0.2, -0.15) is 5.10 Å². The molecule has 10 heteroatoms. The Hall–Kier alpha value is -2.43. The van der Waals surface area contributed by atoms with E-state index in [0.29, 0.717) is 11.2 Å². The number of hydrogen-bond acceptors (Lipinski definition) is 9. The molecule has 3 rings (SSSR count). The Morgan fingerprint density at radius 3 is 2.75 bits per heavy atom. The normalized spacial score (nSPS) is 27.9. The second kappa shape index (κ2) is 7.19. The van der Waals surface area contributed by atoms with Crippen LogP contribution in [0.1, 0.15) is 33.4 Å². The van der Waals surface area contributed by atoms with Crippen molar-refractivity contribution in [3.63, 3.8) is 0 Å². The fourth-order valence-corrected chi connectivity index (χ4v) is 3.12. The number of anilines is 1. The smallest absolute Gasteiger partial charge is 0.434 e. The van der Waals surface area contributed by atoms with Crippen molar-refractivity contribution in [2.75, 3.05) is 18.9 Å². The van der Waals surface area contributed by atoms with Gasteiger partial charge in [0.2, 0.25) is 0 Å². The zero-order valence-electron chi connectivity index (χ0n) is 16.3. The lowest BCUT2D eigenvalue weighted by Crippen LogP contribution is -2.39. The summed E-state index contributed by atoms with van der Waals surface area (Å²) in [5.74, 6) is 0.277. The van der Waals surface area contributed by atoms with Crippen LogP contribution in [0.15, 0.2) is 18.5 Å². The molecule has 0 aromatic carbocycles. The monoisotopic (exact) mass is 394 g/mol. The van der Waals surface area contributed by atoms with Crippen molar-refractivity contribution in [1.29, 1.82) is 0 Å². The van der Waals surface area contributed by atoms with Gasteiger partial charge >= 0.3 is 6.16 Å². The van der Waals surface area contributed by atoms with E-state index in [1.807, 2.05) is 20.8 Å². The summed E-state index contributed by atoms with van der Waals surface area (Å²) in [5, 5.41) is 25.2. The van der Waals surface area contributed by atoms with Crippen molar-refractivity contribution in [3.8, 4) is 0 Å². The molecule has 154 valence electrons. The molecule has 2 aromatic rings. The van der Waals surface area contributed by atoms with Gasteiger partial charge in [0.15, 0.2) is 5.82 Å². The van der Waals surface area contributed by atoms with Gasteiger partial charge in [0.1, 0.15) is 42.4 Å². The largest absolute Gasteiger partial charge is 0.508 e. The predicted octanol–water partition coefficient (Wildman–Crippen LogP) is 0.847. The Labute approximate surface area is 162 Å². The average Bonchev–Trinajstić information content (AvgIpc) is 3.15. The highest BCUT2D eigenvalue weighted by Gasteiger charge is 2.54. The van der Waals surface area contributed by atoms with Crippen LogP contribution in [-0.4, -0.2) is 62.5 Å². The van der Waals surface area contributed by atoms with Crippen molar-refractivity contribution < 1.29 is 29.2 Å². The summed E-state index contributed by atoms with van der Waals surface area (Å²) in [6.07, 6.45) is -3.06. The quantitative estimate of drug-likeness (QED) is 0.643. The van der Waals surface area contributed by atoms with Gasteiger partial charge in [-0.05, 0) is 24.5 Å². The number of rotatable bonds is 4. The summed E-state index contributed by atoms with van der Waals surface area (Å²) < 4.78 is 17.5. The molecule has 10 nitrogen and oxygen atoms in total. The Morgan fingerprint density at radius 1 is 1.36 bits per heavy atom. The summed E-state index contributed by atoms with van der Waals surface area (Å²) in [5.41, 5.74) is 5.39. The molecule has 2 aromatic heterocycles. The van der Waals surface area contributed by atoms with Gasteiger partial charge < -0.3 is 30.2 Å². The molecule has 0 radical (unpaired) electrons. The Morgan fingerprint density at radius 2 is 2.07 bits per heavy atom. The van der Waals surface area contributed by atoms with E-state index in [1.165, 1.54) is 10.8 Å². The van der Waals surface area contributed by atoms with E-state index in [2.05, 4.69) is 10.1 Å². The molecule has 1 fully saturated rings. The Kier molecular flexibility index (Phi) is 5.22. The third-order valence-electron chi connectivity index (χ3n) is 4.64. The fourth-order valence-electron chi connectivity index (χ4n) is 3.12. The Bertz CT molecular complexity index is 863.